The number of nitrogens with one attached hydrogen (secondary N) is 1. The van der Waals surface area contributed by atoms with E-state index in [0.29, 0.717) is 0 Å². The highest BCUT2D eigenvalue weighted by molar-refractivity contribution is 5.31. The van der Waals surface area contributed by atoms with Crippen LogP contribution in [0.15, 0.2) is 29.0 Å². The summed E-state index contributed by atoms with van der Waals surface area (Å²) in [6, 6.07) is 4.11. The number of hydrogen-bond donors (Lipinski definition) is 1. The zero-order chi connectivity index (χ0) is 11.0. The third kappa shape index (κ3) is 1.51. The quantitative estimate of drug-likeness (QED) is 0.785. The number of furan rings is 1. The third-order valence-electron chi connectivity index (χ3n) is 2.88. The topological polar surface area (TPSA) is 51.0 Å². The SMILES string of the molecule is Cc1nccc(C2NCCc3occc32)n1. The zero-order valence-electron chi connectivity index (χ0n) is 9.10. The molecule has 1 atom stereocenters. The van der Waals surface area contributed by atoms with Crippen LogP contribution in [0.4, 0.5) is 0 Å². The van der Waals surface area contributed by atoms with Gasteiger partial charge in [-0.2, -0.15) is 0 Å². The molecule has 4 nitrogen and oxygen atoms in total. The van der Waals surface area contributed by atoms with E-state index in [-0.39, 0.29) is 6.04 Å². The molecule has 1 aliphatic rings. The van der Waals surface area contributed by atoms with Crippen LogP contribution in [0, 0.1) is 6.92 Å². The molecule has 4 heteroatoms. The number of fused-ring (bicyclic) bond motifs is 1. The first kappa shape index (κ1) is 9.54. The lowest BCUT2D eigenvalue weighted by Gasteiger charge is -2.22. The van der Waals surface area contributed by atoms with Crippen LogP contribution in [0.25, 0.3) is 0 Å². The van der Waals surface area contributed by atoms with Gasteiger partial charge in [0.05, 0.1) is 18.0 Å². The average molecular weight is 215 g/mol. The van der Waals surface area contributed by atoms with Crippen molar-refractivity contribution in [3.8, 4) is 0 Å². The molecule has 82 valence electrons. The summed E-state index contributed by atoms with van der Waals surface area (Å²) in [6.45, 7) is 2.83. The average Bonchev–Trinajstić information content (AvgIpc) is 2.76. The smallest absolute Gasteiger partial charge is 0.125 e. The standard InChI is InChI=1S/C12H13N3O/c1-8-13-5-2-10(15-8)12-9-4-7-16-11(9)3-6-14-12/h2,4-5,7,12,14H,3,6H2,1H3. The van der Waals surface area contributed by atoms with Gasteiger partial charge in [0.15, 0.2) is 0 Å². The van der Waals surface area contributed by atoms with Gasteiger partial charge in [0.2, 0.25) is 0 Å². The summed E-state index contributed by atoms with van der Waals surface area (Å²) in [7, 11) is 0. The fourth-order valence-corrected chi connectivity index (χ4v) is 2.15. The lowest BCUT2D eigenvalue weighted by Crippen LogP contribution is -2.30. The van der Waals surface area contributed by atoms with E-state index in [4.69, 9.17) is 4.42 Å². The first-order chi connectivity index (χ1) is 7.84. The number of aromatic nitrogens is 2. The van der Waals surface area contributed by atoms with Crippen molar-refractivity contribution < 1.29 is 4.42 Å². The van der Waals surface area contributed by atoms with E-state index in [2.05, 4.69) is 15.3 Å². The first-order valence-electron chi connectivity index (χ1n) is 5.44. The van der Waals surface area contributed by atoms with Gasteiger partial charge in [-0.3, -0.25) is 0 Å². The van der Waals surface area contributed by atoms with Gasteiger partial charge in [0.25, 0.3) is 0 Å². The molecule has 0 saturated carbocycles. The largest absolute Gasteiger partial charge is 0.469 e. The minimum absolute atomic E-state index is 0.143. The third-order valence-corrected chi connectivity index (χ3v) is 2.88. The molecule has 3 rings (SSSR count). The summed E-state index contributed by atoms with van der Waals surface area (Å²) >= 11 is 0. The van der Waals surface area contributed by atoms with E-state index >= 15 is 0 Å². The Hall–Kier alpha value is -1.68. The maximum Gasteiger partial charge on any atom is 0.125 e. The summed E-state index contributed by atoms with van der Waals surface area (Å²) < 4.78 is 5.45. The van der Waals surface area contributed by atoms with Crippen molar-refractivity contribution >= 4 is 0 Å². The van der Waals surface area contributed by atoms with Crippen molar-refractivity contribution in [2.75, 3.05) is 6.54 Å². The van der Waals surface area contributed by atoms with Crippen molar-refractivity contribution in [2.24, 2.45) is 0 Å². The zero-order valence-corrected chi connectivity index (χ0v) is 9.10. The summed E-state index contributed by atoms with van der Waals surface area (Å²) in [5.41, 5.74) is 2.21. The Kier molecular flexibility index (Phi) is 2.22. The molecule has 0 spiro atoms. The highest BCUT2D eigenvalue weighted by atomic mass is 16.3. The van der Waals surface area contributed by atoms with Gasteiger partial charge < -0.3 is 9.73 Å². The van der Waals surface area contributed by atoms with Gasteiger partial charge in [0, 0.05) is 24.7 Å². The Morgan fingerprint density at radius 3 is 3.25 bits per heavy atom. The summed E-state index contributed by atoms with van der Waals surface area (Å²) in [5, 5.41) is 3.45. The van der Waals surface area contributed by atoms with Crippen molar-refractivity contribution in [1.29, 1.82) is 0 Å². The van der Waals surface area contributed by atoms with Gasteiger partial charge in [-0.05, 0) is 19.1 Å². The molecule has 1 aliphatic heterocycles. The molecular formula is C12H13N3O. The second-order valence-corrected chi connectivity index (χ2v) is 3.96. The molecule has 2 aromatic heterocycles. The highest BCUT2D eigenvalue weighted by Gasteiger charge is 2.24. The van der Waals surface area contributed by atoms with Gasteiger partial charge in [0.1, 0.15) is 11.6 Å². The fourth-order valence-electron chi connectivity index (χ4n) is 2.15. The predicted molar refractivity (Wildman–Crippen MR) is 59.0 cm³/mol. The number of nitrogens with zero attached hydrogens (tertiary/aromatic N) is 2. The molecule has 0 aromatic carbocycles. The Bertz CT molecular complexity index is 506. The van der Waals surface area contributed by atoms with Crippen LogP contribution >= 0.6 is 0 Å². The minimum atomic E-state index is 0.143. The maximum absolute atomic E-state index is 5.45. The van der Waals surface area contributed by atoms with Crippen molar-refractivity contribution in [1.82, 2.24) is 15.3 Å². The molecule has 16 heavy (non-hydrogen) atoms. The van der Waals surface area contributed by atoms with E-state index in [9.17, 15) is 0 Å². The van der Waals surface area contributed by atoms with Gasteiger partial charge in [-0.1, -0.05) is 0 Å². The number of hydrogen-bond acceptors (Lipinski definition) is 4. The van der Waals surface area contributed by atoms with Crippen molar-refractivity contribution in [3.05, 3.63) is 47.4 Å². The van der Waals surface area contributed by atoms with E-state index in [1.54, 1.807) is 12.5 Å². The summed E-state index contributed by atoms with van der Waals surface area (Å²) in [6.07, 6.45) is 4.50. The molecule has 2 aromatic rings. The van der Waals surface area contributed by atoms with Crippen LogP contribution in [0.1, 0.15) is 28.9 Å². The van der Waals surface area contributed by atoms with Crippen molar-refractivity contribution in [3.63, 3.8) is 0 Å². The molecule has 0 amide bonds. The van der Waals surface area contributed by atoms with Crippen LogP contribution < -0.4 is 5.32 Å². The molecule has 0 fully saturated rings. The molecule has 0 bridgehead atoms. The van der Waals surface area contributed by atoms with E-state index in [1.807, 2.05) is 19.1 Å². The Morgan fingerprint density at radius 1 is 1.44 bits per heavy atom. The van der Waals surface area contributed by atoms with Gasteiger partial charge >= 0.3 is 0 Å². The van der Waals surface area contributed by atoms with E-state index in [0.717, 1.165) is 30.2 Å². The monoisotopic (exact) mass is 215 g/mol. The Morgan fingerprint density at radius 2 is 2.38 bits per heavy atom. The molecule has 1 N–H and O–H groups in total. The second kappa shape index (κ2) is 3.72. The normalized spacial score (nSPS) is 19.4. The highest BCUT2D eigenvalue weighted by Crippen LogP contribution is 2.28. The summed E-state index contributed by atoms with van der Waals surface area (Å²) in [4.78, 5) is 8.58. The van der Waals surface area contributed by atoms with Crippen LogP contribution in [0.5, 0.6) is 0 Å². The predicted octanol–water partition coefficient (Wildman–Crippen LogP) is 1.61. The molecule has 3 heterocycles. The van der Waals surface area contributed by atoms with E-state index < -0.39 is 0 Å². The fraction of sp³-hybridized carbons (Fsp3) is 0.333. The van der Waals surface area contributed by atoms with Gasteiger partial charge in [-0.25, -0.2) is 9.97 Å². The Labute approximate surface area is 93.7 Å². The van der Waals surface area contributed by atoms with Crippen LogP contribution in [-0.4, -0.2) is 16.5 Å². The second-order valence-electron chi connectivity index (χ2n) is 3.96. The maximum atomic E-state index is 5.45. The molecule has 0 radical (unpaired) electrons. The van der Waals surface area contributed by atoms with Crippen LogP contribution in [-0.2, 0) is 6.42 Å². The van der Waals surface area contributed by atoms with Crippen LogP contribution in [0.3, 0.4) is 0 Å². The molecular weight excluding hydrogens is 202 g/mol. The Balaban J connectivity index is 2.04. The lowest BCUT2D eigenvalue weighted by atomic mass is 9.99. The molecule has 0 saturated heterocycles. The molecule has 1 unspecified atom stereocenters. The van der Waals surface area contributed by atoms with Crippen molar-refractivity contribution in [2.45, 2.75) is 19.4 Å². The van der Waals surface area contributed by atoms with Gasteiger partial charge in [-0.15, -0.1) is 0 Å². The number of aryl methyl sites for hydroxylation is 1. The number of rotatable bonds is 1. The first-order valence-corrected chi connectivity index (χ1v) is 5.44. The van der Waals surface area contributed by atoms with E-state index in [1.165, 1.54) is 5.56 Å². The minimum Gasteiger partial charge on any atom is -0.469 e. The molecule has 0 aliphatic carbocycles. The van der Waals surface area contributed by atoms with Crippen LogP contribution in [0.2, 0.25) is 0 Å². The lowest BCUT2D eigenvalue weighted by molar-refractivity contribution is 0.452. The summed E-state index contributed by atoms with van der Waals surface area (Å²) in [5.74, 6) is 1.87.